The Hall–Kier alpha value is -1.82. The Labute approximate surface area is 105 Å². The first-order valence-electron chi connectivity index (χ1n) is 6.10. The zero-order chi connectivity index (χ0) is 12.5. The van der Waals surface area contributed by atoms with Crippen molar-refractivity contribution in [2.45, 2.75) is 25.6 Å². The van der Waals surface area contributed by atoms with Crippen LogP contribution in [0.25, 0.3) is 5.57 Å². The van der Waals surface area contributed by atoms with Crippen LogP contribution in [0.2, 0.25) is 0 Å². The third kappa shape index (κ3) is 1.78. The molecule has 0 saturated carbocycles. The van der Waals surface area contributed by atoms with Crippen LogP contribution in [0.15, 0.2) is 23.0 Å². The van der Waals surface area contributed by atoms with Gasteiger partial charge in [0.1, 0.15) is 6.26 Å². The summed E-state index contributed by atoms with van der Waals surface area (Å²) >= 11 is 0. The summed E-state index contributed by atoms with van der Waals surface area (Å²) in [4.78, 5) is 17.6. The summed E-state index contributed by atoms with van der Waals surface area (Å²) in [7, 11) is 0. The predicted octanol–water partition coefficient (Wildman–Crippen LogP) is 1.22. The monoisotopic (exact) mass is 249 g/mol. The molecule has 2 atom stereocenters. The van der Waals surface area contributed by atoms with Gasteiger partial charge in [0.15, 0.2) is 6.23 Å². The number of ether oxygens (including phenoxy) is 1. The number of carbonyl (C=O) groups excluding carboxylic acids is 1. The third-order valence-corrected chi connectivity index (χ3v) is 3.11. The van der Waals surface area contributed by atoms with Crippen LogP contribution < -0.4 is 5.32 Å². The number of urea groups is 1. The minimum Gasteiger partial charge on any atom is -0.445 e. The van der Waals surface area contributed by atoms with E-state index >= 15 is 0 Å². The molecule has 1 aromatic rings. The van der Waals surface area contributed by atoms with Crippen molar-refractivity contribution >= 4 is 11.6 Å². The van der Waals surface area contributed by atoms with E-state index in [1.54, 1.807) is 11.1 Å². The molecule has 1 N–H and O–H groups in total. The van der Waals surface area contributed by atoms with Crippen molar-refractivity contribution in [3.05, 3.63) is 24.4 Å². The summed E-state index contributed by atoms with van der Waals surface area (Å²) in [5.74, 6) is 0.548. The summed E-state index contributed by atoms with van der Waals surface area (Å²) in [5.41, 5.74) is 0.892. The van der Waals surface area contributed by atoms with Crippen molar-refractivity contribution in [3.8, 4) is 0 Å². The lowest BCUT2D eigenvalue weighted by molar-refractivity contribution is -0.000163. The molecule has 6 heteroatoms. The molecule has 6 nitrogen and oxygen atoms in total. The minimum atomic E-state index is -0.328. The summed E-state index contributed by atoms with van der Waals surface area (Å²) in [6.45, 7) is 3.25. The lowest BCUT2D eigenvalue weighted by Crippen LogP contribution is -2.40. The Morgan fingerprint density at radius 2 is 2.56 bits per heavy atom. The normalized spacial score (nSPS) is 26.2. The van der Waals surface area contributed by atoms with Gasteiger partial charge in [-0.2, -0.15) is 0 Å². The predicted molar refractivity (Wildman–Crippen MR) is 63.5 cm³/mol. The van der Waals surface area contributed by atoms with E-state index in [2.05, 4.69) is 10.3 Å². The lowest BCUT2D eigenvalue weighted by Gasteiger charge is -2.28. The third-order valence-electron chi connectivity index (χ3n) is 3.11. The van der Waals surface area contributed by atoms with Gasteiger partial charge in [-0.1, -0.05) is 6.92 Å². The van der Waals surface area contributed by atoms with Crippen molar-refractivity contribution in [2.75, 3.05) is 13.2 Å². The van der Waals surface area contributed by atoms with Gasteiger partial charge >= 0.3 is 6.03 Å². The van der Waals surface area contributed by atoms with Gasteiger partial charge in [0.25, 0.3) is 0 Å². The molecule has 18 heavy (non-hydrogen) atoms. The highest BCUT2D eigenvalue weighted by Gasteiger charge is 2.41. The van der Waals surface area contributed by atoms with Gasteiger partial charge in [0.2, 0.25) is 5.89 Å². The molecule has 1 saturated heterocycles. The van der Waals surface area contributed by atoms with Crippen LogP contribution in [0.5, 0.6) is 0 Å². The molecule has 3 heterocycles. The highest BCUT2D eigenvalue weighted by molar-refractivity contribution is 5.84. The first-order valence-corrected chi connectivity index (χ1v) is 6.10. The Morgan fingerprint density at radius 3 is 3.28 bits per heavy atom. The van der Waals surface area contributed by atoms with Crippen LogP contribution in [-0.4, -0.2) is 41.3 Å². The molecule has 1 aromatic heterocycles. The summed E-state index contributed by atoms with van der Waals surface area (Å²) in [6.07, 6.45) is 5.62. The molecule has 2 aliphatic rings. The molecule has 0 radical (unpaired) electrons. The second-order valence-electron chi connectivity index (χ2n) is 4.38. The van der Waals surface area contributed by atoms with Crippen molar-refractivity contribution < 1.29 is 13.9 Å². The number of rotatable bonds is 4. The van der Waals surface area contributed by atoms with Gasteiger partial charge in [-0.3, -0.25) is 4.90 Å². The van der Waals surface area contributed by atoms with Crippen LogP contribution >= 0.6 is 0 Å². The molecule has 2 bridgehead atoms. The lowest BCUT2D eigenvalue weighted by atomic mass is 10.0. The highest BCUT2D eigenvalue weighted by Crippen LogP contribution is 2.29. The van der Waals surface area contributed by atoms with Crippen LogP contribution in [-0.2, 0) is 4.74 Å². The molecule has 2 amide bonds. The van der Waals surface area contributed by atoms with Gasteiger partial charge in [0, 0.05) is 18.7 Å². The fraction of sp³-hybridized carbons (Fsp3) is 0.500. The SMILES string of the molecule is CCCOC1C=C(c2ncco2)C2CN1C(=O)N2. The van der Waals surface area contributed by atoms with Crippen molar-refractivity contribution in [1.29, 1.82) is 0 Å². The van der Waals surface area contributed by atoms with Gasteiger partial charge in [-0.05, 0) is 12.5 Å². The Bertz CT molecular complexity index is 469. The largest absolute Gasteiger partial charge is 0.445 e. The van der Waals surface area contributed by atoms with E-state index in [1.165, 1.54) is 6.26 Å². The number of hydrogen-bond acceptors (Lipinski definition) is 4. The zero-order valence-corrected chi connectivity index (χ0v) is 10.1. The molecular formula is C12H15N3O3. The zero-order valence-electron chi connectivity index (χ0n) is 10.1. The number of nitrogens with one attached hydrogen (secondary N) is 1. The Balaban J connectivity index is 1.89. The fourth-order valence-corrected chi connectivity index (χ4v) is 2.28. The maximum atomic E-state index is 11.8. The topological polar surface area (TPSA) is 67.6 Å². The fourth-order valence-electron chi connectivity index (χ4n) is 2.28. The Kier molecular flexibility index (Phi) is 2.79. The average molecular weight is 249 g/mol. The van der Waals surface area contributed by atoms with Crippen LogP contribution in [0.1, 0.15) is 19.2 Å². The van der Waals surface area contributed by atoms with Crippen molar-refractivity contribution in [1.82, 2.24) is 15.2 Å². The van der Waals surface area contributed by atoms with E-state index in [0.717, 1.165) is 12.0 Å². The van der Waals surface area contributed by atoms with Crippen molar-refractivity contribution in [3.63, 3.8) is 0 Å². The Morgan fingerprint density at radius 1 is 1.67 bits per heavy atom. The van der Waals surface area contributed by atoms with Crippen molar-refractivity contribution in [2.24, 2.45) is 0 Å². The summed E-state index contributed by atoms with van der Waals surface area (Å²) < 4.78 is 11.0. The van der Waals surface area contributed by atoms with Crippen LogP contribution in [0.3, 0.4) is 0 Å². The van der Waals surface area contributed by atoms with E-state index in [1.807, 2.05) is 13.0 Å². The number of nitrogens with zero attached hydrogens (tertiary/aromatic N) is 2. The maximum Gasteiger partial charge on any atom is 0.320 e. The van der Waals surface area contributed by atoms with Gasteiger partial charge in [-0.25, -0.2) is 9.78 Å². The first kappa shape index (κ1) is 11.3. The molecule has 1 fully saturated rings. The van der Waals surface area contributed by atoms with E-state index in [9.17, 15) is 4.79 Å². The number of amides is 2. The second kappa shape index (κ2) is 4.45. The average Bonchev–Trinajstić information content (AvgIpc) is 2.99. The van der Waals surface area contributed by atoms with Gasteiger partial charge < -0.3 is 14.5 Å². The number of hydrogen-bond donors (Lipinski definition) is 1. The number of carbonyl (C=O) groups is 1. The van der Waals surface area contributed by atoms with Gasteiger partial charge in [0.05, 0.1) is 12.2 Å². The molecule has 2 aliphatic heterocycles. The molecular weight excluding hydrogens is 234 g/mol. The standard InChI is InChI=1S/C12H15N3O3/c1-2-4-17-10-6-8(11-13-3-5-18-11)9-7-15(10)12(16)14-9/h3,5-6,9-10H,2,4,7H2,1H3,(H,14,16). The molecule has 2 unspecified atom stereocenters. The number of aromatic nitrogens is 1. The second-order valence-corrected chi connectivity index (χ2v) is 4.38. The van der Waals surface area contributed by atoms with E-state index in [4.69, 9.17) is 9.15 Å². The molecule has 96 valence electrons. The molecule has 3 rings (SSSR count). The smallest absolute Gasteiger partial charge is 0.320 e. The quantitative estimate of drug-likeness (QED) is 0.871. The molecule has 0 aliphatic carbocycles. The highest BCUT2D eigenvalue weighted by atomic mass is 16.5. The first-order chi connectivity index (χ1) is 8.79. The van der Waals surface area contributed by atoms with E-state index in [-0.39, 0.29) is 18.3 Å². The van der Waals surface area contributed by atoms with Gasteiger partial charge in [-0.15, -0.1) is 0 Å². The van der Waals surface area contributed by atoms with Crippen LogP contribution in [0.4, 0.5) is 4.79 Å². The molecule has 0 spiro atoms. The number of oxazole rings is 1. The number of fused-ring (bicyclic) bond motifs is 2. The van der Waals surface area contributed by atoms with Crippen LogP contribution in [0, 0.1) is 0 Å². The summed E-state index contributed by atoms with van der Waals surface area (Å²) in [5, 5.41) is 2.90. The van der Waals surface area contributed by atoms with E-state index < -0.39 is 0 Å². The summed E-state index contributed by atoms with van der Waals surface area (Å²) in [6, 6.07) is -0.156. The minimum absolute atomic E-state index is 0.0578. The maximum absolute atomic E-state index is 11.8. The molecule has 0 aromatic carbocycles. The van der Waals surface area contributed by atoms with E-state index in [0.29, 0.717) is 19.0 Å².